The van der Waals surface area contributed by atoms with E-state index in [0.29, 0.717) is 30.5 Å². The predicted octanol–water partition coefficient (Wildman–Crippen LogP) is 2.30. The molecule has 4 rings (SSSR count). The van der Waals surface area contributed by atoms with Crippen molar-refractivity contribution in [3.8, 4) is 0 Å². The van der Waals surface area contributed by atoms with E-state index < -0.39 is 5.60 Å². The van der Waals surface area contributed by atoms with Crippen LogP contribution in [0.3, 0.4) is 0 Å². The minimum Gasteiger partial charge on any atom is -0.461 e. The van der Waals surface area contributed by atoms with Crippen molar-refractivity contribution < 1.29 is 18.6 Å². The number of quaternary nitrogens is 1. The average Bonchev–Trinajstić information content (AvgIpc) is 3.34. The maximum Gasteiger partial charge on any atom is 0.410 e. The molecule has 0 aromatic carbocycles. The summed E-state index contributed by atoms with van der Waals surface area (Å²) in [6, 6.07) is 3.59. The maximum atomic E-state index is 12.2. The Morgan fingerprint density at radius 1 is 1.29 bits per heavy atom. The molecular weight excluding hydrogens is 398 g/mol. The van der Waals surface area contributed by atoms with Crippen LogP contribution < -0.4 is 5.84 Å². The first-order valence-electron chi connectivity index (χ1n) is 10.6. The van der Waals surface area contributed by atoms with Crippen LogP contribution >= 0.6 is 0 Å². The molecule has 1 aromatic rings. The highest BCUT2D eigenvalue weighted by Crippen LogP contribution is 2.23. The van der Waals surface area contributed by atoms with Gasteiger partial charge in [-0.05, 0) is 62.1 Å². The molecular formula is C21H30N7O3+. The lowest BCUT2D eigenvalue weighted by Crippen LogP contribution is -2.50. The minimum atomic E-state index is -0.464. The molecule has 1 amide bonds. The summed E-state index contributed by atoms with van der Waals surface area (Å²) >= 11 is 0. The third-order valence-electron chi connectivity index (χ3n) is 5.21. The number of rotatable bonds is 5. The lowest BCUT2D eigenvalue weighted by Gasteiger charge is -2.35. The Morgan fingerprint density at radius 3 is 2.74 bits per heavy atom. The second-order valence-corrected chi connectivity index (χ2v) is 8.90. The minimum absolute atomic E-state index is 0.233. The molecule has 0 saturated carbocycles. The zero-order valence-corrected chi connectivity index (χ0v) is 18.3. The topological polar surface area (TPSA) is 109 Å². The molecule has 3 aliphatic rings. The smallest absolute Gasteiger partial charge is 0.410 e. The van der Waals surface area contributed by atoms with Gasteiger partial charge in [0.15, 0.2) is 12.0 Å². The molecule has 10 nitrogen and oxygen atoms in total. The average molecular weight is 429 g/mol. The number of piperazine rings is 1. The molecule has 166 valence electrons. The highest BCUT2D eigenvalue weighted by Gasteiger charge is 2.39. The van der Waals surface area contributed by atoms with Crippen LogP contribution in [0.2, 0.25) is 0 Å². The van der Waals surface area contributed by atoms with Crippen LogP contribution in [0, 0.1) is 0 Å². The number of amidine groups is 2. The Bertz CT molecular complexity index is 935. The van der Waals surface area contributed by atoms with Crippen molar-refractivity contribution in [1.29, 1.82) is 0 Å². The van der Waals surface area contributed by atoms with E-state index in [2.05, 4.69) is 20.0 Å². The van der Waals surface area contributed by atoms with Gasteiger partial charge < -0.3 is 14.1 Å². The Labute approximate surface area is 181 Å². The van der Waals surface area contributed by atoms with E-state index in [4.69, 9.17) is 15.0 Å². The summed E-state index contributed by atoms with van der Waals surface area (Å²) in [5.74, 6) is 8.02. The van der Waals surface area contributed by atoms with Crippen LogP contribution in [0.4, 0.5) is 4.79 Å². The van der Waals surface area contributed by atoms with Gasteiger partial charge in [0, 0.05) is 26.2 Å². The predicted molar refractivity (Wildman–Crippen MR) is 117 cm³/mol. The second-order valence-electron chi connectivity index (χ2n) is 8.90. The van der Waals surface area contributed by atoms with Crippen LogP contribution in [0.1, 0.15) is 39.4 Å². The van der Waals surface area contributed by atoms with E-state index in [1.807, 2.05) is 27.0 Å². The molecule has 1 unspecified atom stereocenters. The van der Waals surface area contributed by atoms with Crippen LogP contribution in [-0.4, -0.2) is 76.8 Å². The number of hydrogen-bond donors (Lipinski definition) is 1. The summed E-state index contributed by atoms with van der Waals surface area (Å²) in [4.78, 5) is 25.3. The first kappa shape index (κ1) is 21.4. The molecule has 2 N–H and O–H groups in total. The largest absolute Gasteiger partial charge is 0.461 e. The summed E-state index contributed by atoms with van der Waals surface area (Å²) in [6.45, 7) is 9.64. The molecule has 1 atom stereocenters. The van der Waals surface area contributed by atoms with Gasteiger partial charge in [0.2, 0.25) is 0 Å². The number of hydrogen-bond acceptors (Lipinski definition) is 8. The van der Waals surface area contributed by atoms with Gasteiger partial charge in [-0.2, -0.15) is 4.99 Å². The zero-order valence-electron chi connectivity index (χ0n) is 18.3. The van der Waals surface area contributed by atoms with Crippen LogP contribution in [0.25, 0.3) is 0 Å². The van der Waals surface area contributed by atoms with Crippen molar-refractivity contribution in [2.45, 2.75) is 39.2 Å². The van der Waals surface area contributed by atoms with E-state index in [9.17, 15) is 4.79 Å². The molecule has 3 aliphatic heterocycles. The molecule has 1 aromatic heterocycles. The number of aliphatic imine (C=N–C) groups is 2. The Kier molecular flexibility index (Phi) is 5.78. The molecule has 0 radical (unpaired) electrons. The second kappa shape index (κ2) is 8.37. The molecule has 1 saturated heterocycles. The van der Waals surface area contributed by atoms with E-state index in [1.54, 1.807) is 29.5 Å². The molecule has 4 heterocycles. The van der Waals surface area contributed by atoms with Gasteiger partial charge in [-0.3, -0.25) is 4.90 Å². The number of fused-ring (bicyclic) bond motifs is 1. The summed E-state index contributed by atoms with van der Waals surface area (Å²) < 4.78 is 10.6. The van der Waals surface area contributed by atoms with E-state index >= 15 is 0 Å². The van der Waals surface area contributed by atoms with Crippen LogP contribution in [-0.2, 0) is 4.74 Å². The van der Waals surface area contributed by atoms with E-state index in [-0.39, 0.29) is 10.8 Å². The number of nitrogens with zero attached hydrogens (tertiary/aromatic N) is 6. The van der Waals surface area contributed by atoms with E-state index in [0.717, 1.165) is 38.2 Å². The van der Waals surface area contributed by atoms with Crippen molar-refractivity contribution in [3.05, 3.63) is 36.1 Å². The fourth-order valence-electron chi connectivity index (χ4n) is 3.64. The number of amides is 1. The third kappa shape index (κ3) is 5.09. The Hall–Kier alpha value is -2.82. The lowest BCUT2D eigenvalue weighted by molar-refractivity contribution is -0.803. The number of furan rings is 1. The highest BCUT2D eigenvalue weighted by molar-refractivity contribution is 6.31. The molecule has 31 heavy (non-hydrogen) atoms. The molecule has 0 bridgehead atoms. The van der Waals surface area contributed by atoms with Gasteiger partial charge in [-0.25, -0.2) is 9.79 Å². The fraction of sp³-hybridized carbons (Fsp3) is 0.524. The standard InChI is InChI=1S/C21H30N7O3/c1-21(2,3)31-20(29)27-11-9-26(10-12-27)8-4-6-16-15-28(22)18(14-23-16)24-19(25-28)17-7-5-13-30-17/h5,7,13-15H,4,6,8-12,22H2,1-3H3/q+1. The first-order chi connectivity index (χ1) is 14.7. The number of ether oxygens (including phenoxy) is 1. The van der Waals surface area contributed by atoms with Gasteiger partial charge >= 0.3 is 6.09 Å². The van der Waals surface area contributed by atoms with Crippen molar-refractivity contribution in [2.75, 3.05) is 32.7 Å². The summed E-state index contributed by atoms with van der Waals surface area (Å²) in [7, 11) is 0. The highest BCUT2D eigenvalue weighted by atomic mass is 16.6. The zero-order chi connectivity index (χ0) is 22.1. The third-order valence-corrected chi connectivity index (χ3v) is 5.21. The molecule has 10 heteroatoms. The SMILES string of the molecule is CC(C)(C)OC(=O)N1CCN(CCCC2=C[N+]3(N)N=C(c4ccco4)N=C3C=N2)CC1. The number of nitrogens with two attached hydrogens (primary N) is 1. The van der Waals surface area contributed by atoms with Crippen molar-refractivity contribution in [2.24, 2.45) is 20.9 Å². The Balaban J connectivity index is 1.25. The molecule has 0 aliphatic carbocycles. The van der Waals surface area contributed by atoms with Crippen molar-refractivity contribution in [1.82, 2.24) is 9.80 Å². The van der Waals surface area contributed by atoms with Gasteiger partial charge in [-0.1, -0.05) is 0 Å². The number of carbonyl (C=O) groups is 1. The summed E-state index contributed by atoms with van der Waals surface area (Å²) in [5.41, 5.74) is 0.423. The van der Waals surface area contributed by atoms with Crippen LogP contribution in [0.15, 0.2) is 49.8 Å². The normalized spacial score (nSPS) is 23.9. The molecule has 1 fully saturated rings. The quantitative estimate of drug-likeness (QED) is 0.572. The lowest BCUT2D eigenvalue weighted by atomic mass is 10.2. The maximum absolute atomic E-state index is 12.2. The number of allylic oxidation sites excluding steroid dienone is 1. The van der Waals surface area contributed by atoms with E-state index in [1.165, 1.54) is 0 Å². The summed E-state index contributed by atoms with van der Waals surface area (Å²) in [6.07, 6.45) is 6.58. The van der Waals surface area contributed by atoms with Crippen molar-refractivity contribution in [3.63, 3.8) is 0 Å². The fourth-order valence-corrected chi connectivity index (χ4v) is 3.64. The first-order valence-corrected chi connectivity index (χ1v) is 10.6. The van der Waals surface area contributed by atoms with Gasteiger partial charge in [-0.15, -0.1) is 5.84 Å². The number of carbonyl (C=O) groups excluding carboxylic acids is 1. The van der Waals surface area contributed by atoms with Crippen LogP contribution in [0.5, 0.6) is 0 Å². The van der Waals surface area contributed by atoms with Gasteiger partial charge in [0.1, 0.15) is 11.8 Å². The summed E-state index contributed by atoms with van der Waals surface area (Å²) in [5, 5.41) is 4.49. The van der Waals surface area contributed by atoms with Gasteiger partial charge in [0.05, 0.1) is 12.0 Å². The van der Waals surface area contributed by atoms with Crippen molar-refractivity contribution >= 4 is 24.0 Å². The molecule has 0 spiro atoms. The monoisotopic (exact) mass is 428 g/mol. The Morgan fingerprint density at radius 2 is 2.06 bits per heavy atom. The van der Waals surface area contributed by atoms with Gasteiger partial charge in [0.25, 0.3) is 11.7 Å².